The molecule has 94 valence electrons. The molecule has 0 saturated heterocycles. The number of hydrogen-bond donors (Lipinski definition) is 1. The topological polar surface area (TPSA) is 34.1 Å². The maximum Gasteiger partial charge on any atom is 0.167 e. The third kappa shape index (κ3) is 2.77. The van der Waals surface area contributed by atoms with Gasteiger partial charge in [0, 0.05) is 30.7 Å². The van der Waals surface area contributed by atoms with Crippen LogP contribution in [-0.2, 0) is 6.54 Å². The summed E-state index contributed by atoms with van der Waals surface area (Å²) >= 11 is 0. The number of pyridine rings is 1. The molecule has 3 nitrogen and oxygen atoms in total. The second-order valence-corrected chi connectivity index (χ2v) is 4.01. The van der Waals surface area contributed by atoms with Crippen LogP contribution in [0.15, 0.2) is 36.7 Å². The lowest BCUT2D eigenvalue weighted by molar-refractivity contribution is 0.386. The molecule has 1 heterocycles. The fourth-order valence-electron chi connectivity index (χ4n) is 1.66. The lowest BCUT2D eigenvalue weighted by Gasteiger charge is -2.09. The zero-order valence-corrected chi connectivity index (χ0v) is 10.4. The summed E-state index contributed by atoms with van der Waals surface area (Å²) in [6.45, 7) is 2.64. The Bertz CT molecular complexity index is 543. The Morgan fingerprint density at radius 1 is 1.33 bits per heavy atom. The van der Waals surface area contributed by atoms with Gasteiger partial charge in [-0.2, -0.15) is 0 Å². The van der Waals surface area contributed by atoms with Crippen molar-refractivity contribution in [3.63, 3.8) is 0 Å². The van der Waals surface area contributed by atoms with Crippen LogP contribution in [0.3, 0.4) is 0 Å². The van der Waals surface area contributed by atoms with E-state index in [2.05, 4.69) is 10.3 Å². The molecule has 0 radical (unpaired) electrons. The van der Waals surface area contributed by atoms with E-state index in [1.165, 1.54) is 13.2 Å². The number of anilines is 1. The molecule has 0 amide bonds. The third-order valence-corrected chi connectivity index (χ3v) is 2.78. The van der Waals surface area contributed by atoms with Gasteiger partial charge >= 0.3 is 0 Å². The quantitative estimate of drug-likeness (QED) is 0.899. The molecule has 4 heteroatoms. The van der Waals surface area contributed by atoms with Gasteiger partial charge in [0.1, 0.15) is 0 Å². The number of methoxy groups -OCH3 is 1. The van der Waals surface area contributed by atoms with E-state index in [4.69, 9.17) is 4.74 Å². The van der Waals surface area contributed by atoms with Gasteiger partial charge in [0.2, 0.25) is 0 Å². The molecule has 2 rings (SSSR count). The maximum absolute atomic E-state index is 13.5. The highest BCUT2D eigenvalue weighted by atomic mass is 19.1. The lowest BCUT2D eigenvalue weighted by atomic mass is 10.1. The van der Waals surface area contributed by atoms with Crippen LogP contribution in [0, 0.1) is 12.7 Å². The van der Waals surface area contributed by atoms with Crippen LogP contribution in [0.1, 0.15) is 11.1 Å². The van der Waals surface area contributed by atoms with Gasteiger partial charge in [-0.3, -0.25) is 4.98 Å². The summed E-state index contributed by atoms with van der Waals surface area (Å²) in [5.74, 6) is -0.122. The van der Waals surface area contributed by atoms with Gasteiger partial charge in [0.15, 0.2) is 11.6 Å². The van der Waals surface area contributed by atoms with Gasteiger partial charge < -0.3 is 10.1 Å². The first-order valence-electron chi connectivity index (χ1n) is 5.67. The molecule has 0 saturated carbocycles. The molecule has 2 aromatic rings. The Labute approximate surface area is 106 Å². The molecular formula is C14H15FN2O. The number of aromatic nitrogens is 1. The van der Waals surface area contributed by atoms with E-state index in [9.17, 15) is 4.39 Å². The number of halogens is 1. The van der Waals surface area contributed by atoms with E-state index >= 15 is 0 Å². The van der Waals surface area contributed by atoms with E-state index in [1.807, 2.05) is 19.2 Å². The smallest absolute Gasteiger partial charge is 0.167 e. The van der Waals surface area contributed by atoms with Crippen molar-refractivity contribution in [2.75, 3.05) is 12.4 Å². The van der Waals surface area contributed by atoms with E-state index in [0.717, 1.165) is 16.8 Å². The average molecular weight is 246 g/mol. The first kappa shape index (κ1) is 12.4. The summed E-state index contributed by atoms with van der Waals surface area (Å²) in [4.78, 5) is 4.07. The van der Waals surface area contributed by atoms with Crippen molar-refractivity contribution in [1.29, 1.82) is 0 Å². The molecule has 0 aliphatic heterocycles. The molecule has 0 aliphatic carbocycles. The van der Waals surface area contributed by atoms with Gasteiger partial charge in [-0.25, -0.2) is 4.39 Å². The van der Waals surface area contributed by atoms with Gasteiger partial charge in [-0.1, -0.05) is 0 Å². The lowest BCUT2D eigenvalue weighted by Crippen LogP contribution is -2.02. The molecule has 0 bridgehead atoms. The molecule has 18 heavy (non-hydrogen) atoms. The van der Waals surface area contributed by atoms with Crippen LogP contribution in [-0.4, -0.2) is 12.1 Å². The minimum atomic E-state index is -0.370. The van der Waals surface area contributed by atoms with E-state index in [0.29, 0.717) is 6.54 Å². The average Bonchev–Trinajstić information content (AvgIpc) is 2.38. The molecule has 0 fully saturated rings. The van der Waals surface area contributed by atoms with Crippen LogP contribution in [0.5, 0.6) is 5.75 Å². The van der Waals surface area contributed by atoms with Crippen LogP contribution < -0.4 is 10.1 Å². The molecular weight excluding hydrogens is 231 g/mol. The minimum Gasteiger partial charge on any atom is -0.494 e. The van der Waals surface area contributed by atoms with Gasteiger partial charge in [0.25, 0.3) is 0 Å². The zero-order chi connectivity index (χ0) is 13.0. The third-order valence-electron chi connectivity index (χ3n) is 2.78. The van der Waals surface area contributed by atoms with Gasteiger partial charge in [-0.15, -0.1) is 0 Å². The fraction of sp³-hybridized carbons (Fsp3) is 0.214. The van der Waals surface area contributed by atoms with E-state index in [1.54, 1.807) is 18.3 Å². The van der Waals surface area contributed by atoms with Crippen LogP contribution in [0.2, 0.25) is 0 Å². The first-order chi connectivity index (χ1) is 8.70. The summed E-state index contributed by atoms with van der Waals surface area (Å²) < 4.78 is 18.3. The minimum absolute atomic E-state index is 0.248. The number of ether oxygens (including phenoxy) is 1. The van der Waals surface area contributed by atoms with Crippen molar-refractivity contribution in [1.82, 2.24) is 4.98 Å². The van der Waals surface area contributed by atoms with Crippen molar-refractivity contribution < 1.29 is 9.13 Å². The van der Waals surface area contributed by atoms with Gasteiger partial charge in [0.05, 0.1) is 7.11 Å². The number of nitrogens with one attached hydrogen (secondary N) is 1. The largest absolute Gasteiger partial charge is 0.494 e. The van der Waals surface area contributed by atoms with Crippen LogP contribution in [0.25, 0.3) is 0 Å². The Hall–Kier alpha value is -2.10. The van der Waals surface area contributed by atoms with Crippen LogP contribution >= 0.6 is 0 Å². The summed E-state index contributed by atoms with van der Waals surface area (Å²) in [6.07, 6.45) is 3.56. The Balaban J connectivity index is 2.07. The number of hydrogen-bond acceptors (Lipinski definition) is 3. The molecule has 1 aromatic carbocycles. The number of nitrogens with zero attached hydrogens (tertiary/aromatic N) is 1. The number of benzene rings is 1. The first-order valence-corrected chi connectivity index (χ1v) is 5.67. The monoisotopic (exact) mass is 246 g/mol. The molecule has 0 unspecified atom stereocenters. The van der Waals surface area contributed by atoms with Crippen molar-refractivity contribution in [3.8, 4) is 5.75 Å². The van der Waals surface area contributed by atoms with Gasteiger partial charge in [-0.05, 0) is 36.2 Å². The predicted octanol–water partition coefficient (Wildman–Crippen LogP) is 3.15. The standard InChI is InChI=1S/C14H15FN2O/c1-10-5-6-16-8-11(10)9-17-12-3-4-14(18-2)13(15)7-12/h3-8,17H,9H2,1-2H3. The Kier molecular flexibility index (Phi) is 3.77. The number of rotatable bonds is 4. The highest BCUT2D eigenvalue weighted by molar-refractivity contribution is 5.47. The maximum atomic E-state index is 13.5. The summed E-state index contributed by atoms with van der Waals surface area (Å²) in [5.41, 5.74) is 2.97. The summed E-state index contributed by atoms with van der Waals surface area (Å²) in [6, 6.07) is 6.76. The zero-order valence-electron chi connectivity index (χ0n) is 10.4. The number of aryl methyl sites for hydroxylation is 1. The van der Waals surface area contributed by atoms with Crippen molar-refractivity contribution >= 4 is 5.69 Å². The van der Waals surface area contributed by atoms with Crippen molar-refractivity contribution in [2.45, 2.75) is 13.5 Å². The molecule has 1 aromatic heterocycles. The SMILES string of the molecule is COc1ccc(NCc2cnccc2C)cc1F. The molecule has 0 spiro atoms. The Morgan fingerprint density at radius 3 is 2.83 bits per heavy atom. The molecule has 0 aliphatic rings. The second kappa shape index (κ2) is 5.49. The normalized spacial score (nSPS) is 10.2. The Morgan fingerprint density at radius 2 is 2.17 bits per heavy atom. The molecule has 1 N–H and O–H groups in total. The fourth-order valence-corrected chi connectivity index (χ4v) is 1.66. The summed E-state index contributed by atoms with van der Waals surface area (Å²) in [5, 5.41) is 3.16. The van der Waals surface area contributed by atoms with Crippen molar-refractivity contribution in [2.24, 2.45) is 0 Å². The predicted molar refractivity (Wildman–Crippen MR) is 69.3 cm³/mol. The molecule has 0 atom stereocenters. The summed E-state index contributed by atoms with van der Waals surface area (Å²) in [7, 11) is 1.45. The van der Waals surface area contributed by atoms with E-state index < -0.39 is 0 Å². The van der Waals surface area contributed by atoms with E-state index in [-0.39, 0.29) is 11.6 Å². The highest BCUT2D eigenvalue weighted by Gasteiger charge is 2.03. The van der Waals surface area contributed by atoms with Crippen molar-refractivity contribution in [3.05, 3.63) is 53.6 Å². The van der Waals surface area contributed by atoms with Crippen LogP contribution in [0.4, 0.5) is 10.1 Å². The highest BCUT2D eigenvalue weighted by Crippen LogP contribution is 2.21. The second-order valence-electron chi connectivity index (χ2n) is 4.01.